The zero-order valence-electron chi connectivity index (χ0n) is 12.3. The minimum Gasteiger partial charge on any atom is -0.464 e. The molecule has 0 amide bonds. The number of furan rings is 1. The average molecular weight is 326 g/mol. The predicted molar refractivity (Wildman–Crippen MR) is 82.7 cm³/mol. The van der Waals surface area contributed by atoms with E-state index in [4.69, 9.17) is 8.94 Å². The summed E-state index contributed by atoms with van der Waals surface area (Å²) in [5.41, 5.74) is 1.43. The average Bonchev–Trinajstić information content (AvgIpc) is 3.06. The number of hydrogen-bond acceptors (Lipinski definition) is 5. The van der Waals surface area contributed by atoms with E-state index in [1.807, 2.05) is 14.0 Å². The van der Waals surface area contributed by atoms with Gasteiger partial charge in [-0.25, -0.2) is 4.39 Å². The first kappa shape index (κ1) is 16.5. The molecule has 0 saturated heterocycles. The molecule has 0 aliphatic heterocycles. The summed E-state index contributed by atoms with van der Waals surface area (Å²) in [6.07, 6.45) is 2.78. The van der Waals surface area contributed by atoms with Crippen molar-refractivity contribution in [3.63, 3.8) is 0 Å². The molecule has 1 N–H and O–H groups in total. The third kappa shape index (κ3) is 3.45. The van der Waals surface area contributed by atoms with Crippen molar-refractivity contribution >= 4 is 23.4 Å². The van der Waals surface area contributed by atoms with Crippen molar-refractivity contribution in [3.05, 3.63) is 47.6 Å². The molecule has 0 aliphatic rings. The van der Waals surface area contributed by atoms with Gasteiger partial charge in [0.15, 0.2) is 5.82 Å². The molecular weight excluding hydrogens is 309 g/mol. The Morgan fingerprint density at radius 1 is 1.36 bits per heavy atom. The Morgan fingerprint density at radius 3 is 2.95 bits per heavy atom. The van der Waals surface area contributed by atoms with Crippen molar-refractivity contribution in [1.29, 1.82) is 0 Å². The quantitative estimate of drug-likeness (QED) is 0.781. The summed E-state index contributed by atoms with van der Waals surface area (Å²) in [5, 5.41) is 7.95. The minimum atomic E-state index is -0.315. The Hall–Kier alpha value is -1.92. The summed E-state index contributed by atoms with van der Waals surface area (Å²) >= 11 is 0. The van der Waals surface area contributed by atoms with Gasteiger partial charge in [0, 0.05) is 29.5 Å². The topological polar surface area (TPSA) is 64.1 Å². The van der Waals surface area contributed by atoms with E-state index < -0.39 is 0 Å². The number of benzene rings is 1. The lowest BCUT2D eigenvalue weighted by Gasteiger charge is -2.04. The zero-order valence-corrected chi connectivity index (χ0v) is 13.1. The molecule has 0 saturated carbocycles. The first-order valence-corrected chi connectivity index (χ1v) is 6.80. The van der Waals surface area contributed by atoms with Crippen LogP contribution in [-0.2, 0) is 12.8 Å². The number of fused-ring (bicyclic) bond motifs is 1. The van der Waals surface area contributed by atoms with E-state index in [0.717, 1.165) is 10.9 Å². The van der Waals surface area contributed by atoms with Crippen LogP contribution in [0.25, 0.3) is 11.0 Å². The maximum atomic E-state index is 13.1. The Morgan fingerprint density at radius 2 is 2.18 bits per heavy atom. The van der Waals surface area contributed by atoms with Crippen molar-refractivity contribution < 1.29 is 13.3 Å². The molecular formula is C15H17ClFN3O2. The van der Waals surface area contributed by atoms with Gasteiger partial charge in [-0.05, 0) is 26.1 Å². The molecule has 0 aliphatic carbocycles. The van der Waals surface area contributed by atoms with Crippen LogP contribution in [0.5, 0.6) is 0 Å². The summed E-state index contributed by atoms with van der Waals surface area (Å²) in [6, 6.07) is 4.76. The number of halogens is 2. The standard InChI is InChI=1S/C15H16FN3O2.ClH/c1-9(17-2)5-14-18-15(21-19-14)6-10-8-20-13-7-11(16)3-4-12(10)13;/h3-4,7-9,17H,5-6H2,1-2H3;1H. The minimum absolute atomic E-state index is 0. The molecule has 1 aromatic carbocycles. The Labute approximate surface area is 133 Å². The largest absolute Gasteiger partial charge is 0.464 e. The van der Waals surface area contributed by atoms with E-state index in [1.165, 1.54) is 12.1 Å². The second kappa shape index (κ2) is 6.89. The monoisotopic (exact) mass is 325 g/mol. The van der Waals surface area contributed by atoms with Crippen molar-refractivity contribution in [2.45, 2.75) is 25.8 Å². The SMILES string of the molecule is CNC(C)Cc1noc(Cc2coc3cc(F)ccc23)n1.Cl. The smallest absolute Gasteiger partial charge is 0.231 e. The van der Waals surface area contributed by atoms with Gasteiger partial charge < -0.3 is 14.3 Å². The zero-order chi connectivity index (χ0) is 14.8. The first-order chi connectivity index (χ1) is 10.2. The number of nitrogens with zero attached hydrogens (tertiary/aromatic N) is 2. The van der Waals surface area contributed by atoms with Gasteiger partial charge in [-0.3, -0.25) is 0 Å². The lowest BCUT2D eigenvalue weighted by Crippen LogP contribution is -2.24. The molecule has 5 nitrogen and oxygen atoms in total. The number of aromatic nitrogens is 2. The van der Waals surface area contributed by atoms with E-state index in [2.05, 4.69) is 15.5 Å². The summed E-state index contributed by atoms with van der Waals surface area (Å²) in [4.78, 5) is 4.36. The molecule has 1 unspecified atom stereocenters. The van der Waals surface area contributed by atoms with Crippen molar-refractivity contribution in [2.75, 3.05) is 7.05 Å². The second-order valence-corrected chi connectivity index (χ2v) is 5.08. The van der Waals surface area contributed by atoms with Crippen LogP contribution >= 0.6 is 12.4 Å². The van der Waals surface area contributed by atoms with Gasteiger partial charge in [-0.2, -0.15) is 4.98 Å². The van der Waals surface area contributed by atoms with Crippen LogP contribution in [0.1, 0.15) is 24.2 Å². The summed E-state index contributed by atoms with van der Waals surface area (Å²) in [5.74, 6) is 0.885. The molecule has 2 heterocycles. The number of likely N-dealkylation sites (N-methyl/N-ethyl adjacent to an activating group) is 1. The van der Waals surface area contributed by atoms with Gasteiger partial charge in [0.2, 0.25) is 5.89 Å². The summed E-state index contributed by atoms with van der Waals surface area (Å²) < 4.78 is 23.7. The Kier molecular flexibility index (Phi) is 5.15. The van der Waals surface area contributed by atoms with E-state index in [1.54, 1.807) is 12.3 Å². The van der Waals surface area contributed by atoms with Crippen molar-refractivity contribution in [3.8, 4) is 0 Å². The predicted octanol–water partition coefficient (Wildman–Crippen LogP) is 3.12. The molecule has 7 heteroatoms. The summed E-state index contributed by atoms with van der Waals surface area (Å²) in [7, 11) is 1.89. The normalized spacial score (nSPS) is 12.3. The van der Waals surface area contributed by atoms with Crippen LogP contribution in [0, 0.1) is 5.82 Å². The van der Waals surface area contributed by atoms with Crippen LogP contribution in [0.4, 0.5) is 4.39 Å². The maximum absolute atomic E-state index is 13.1. The van der Waals surface area contributed by atoms with Crippen LogP contribution in [0.2, 0.25) is 0 Å². The first-order valence-electron chi connectivity index (χ1n) is 6.80. The highest BCUT2D eigenvalue weighted by molar-refractivity contribution is 5.85. The van der Waals surface area contributed by atoms with Gasteiger partial charge in [0.25, 0.3) is 0 Å². The van der Waals surface area contributed by atoms with E-state index >= 15 is 0 Å². The fraction of sp³-hybridized carbons (Fsp3) is 0.333. The highest BCUT2D eigenvalue weighted by Gasteiger charge is 2.13. The van der Waals surface area contributed by atoms with Crippen molar-refractivity contribution in [1.82, 2.24) is 15.5 Å². The highest BCUT2D eigenvalue weighted by atomic mass is 35.5. The lowest BCUT2D eigenvalue weighted by atomic mass is 10.1. The van der Waals surface area contributed by atoms with E-state index in [9.17, 15) is 4.39 Å². The van der Waals surface area contributed by atoms with Gasteiger partial charge in [-0.15, -0.1) is 12.4 Å². The van der Waals surface area contributed by atoms with Crippen LogP contribution < -0.4 is 5.32 Å². The molecule has 3 rings (SSSR count). The van der Waals surface area contributed by atoms with Gasteiger partial charge in [0.1, 0.15) is 11.4 Å². The van der Waals surface area contributed by atoms with Gasteiger partial charge in [0.05, 0.1) is 12.7 Å². The lowest BCUT2D eigenvalue weighted by molar-refractivity contribution is 0.377. The van der Waals surface area contributed by atoms with Crippen LogP contribution in [0.15, 0.2) is 33.4 Å². The number of nitrogens with one attached hydrogen (secondary N) is 1. The number of hydrogen-bond donors (Lipinski definition) is 1. The third-order valence-electron chi connectivity index (χ3n) is 3.45. The van der Waals surface area contributed by atoms with Gasteiger partial charge in [-0.1, -0.05) is 5.16 Å². The molecule has 118 valence electrons. The second-order valence-electron chi connectivity index (χ2n) is 5.08. The van der Waals surface area contributed by atoms with E-state index in [-0.39, 0.29) is 24.3 Å². The molecule has 22 heavy (non-hydrogen) atoms. The fourth-order valence-corrected chi connectivity index (χ4v) is 2.18. The molecule has 0 fully saturated rings. The molecule has 3 aromatic rings. The molecule has 0 radical (unpaired) electrons. The summed E-state index contributed by atoms with van der Waals surface area (Å²) in [6.45, 7) is 2.05. The molecule has 2 aromatic heterocycles. The Balaban J connectivity index is 0.00000176. The molecule has 0 bridgehead atoms. The Bertz CT molecular complexity index is 756. The fourth-order valence-electron chi connectivity index (χ4n) is 2.18. The molecule has 1 atom stereocenters. The maximum Gasteiger partial charge on any atom is 0.231 e. The van der Waals surface area contributed by atoms with Crippen LogP contribution in [0.3, 0.4) is 0 Å². The highest BCUT2D eigenvalue weighted by Crippen LogP contribution is 2.24. The van der Waals surface area contributed by atoms with Gasteiger partial charge >= 0.3 is 0 Å². The van der Waals surface area contributed by atoms with E-state index in [0.29, 0.717) is 30.1 Å². The van der Waals surface area contributed by atoms with Crippen molar-refractivity contribution in [2.24, 2.45) is 0 Å². The molecule has 0 spiro atoms. The third-order valence-corrected chi connectivity index (χ3v) is 3.45. The van der Waals surface area contributed by atoms with Crippen LogP contribution in [-0.4, -0.2) is 23.2 Å². The number of rotatable bonds is 5.